The van der Waals surface area contributed by atoms with Crippen molar-refractivity contribution < 1.29 is 4.79 Å². The van der Waals surface area contributed by atoms with E-state index in [1.807, 2.05) is 24.3 Å². The van der Waals surface area contributed by atoms with Gasteiger partial charge in [-0.25, -0.2) is 0 Å². The van der Waals surface area contributed by atoms with Crippen LogP contribution >= 0.6 is 12.2 Å². The van der Waals surface area contributed by atoms with Crippen molar-refractivity contribution in [2.45, 2.75) is 32.2 Å². The van der Waals surface area contributed by atoms with Gasteiger partial charge in [-0.15, -0.1) is 0 Å². The SMILES string of the molecule is CC(CN1CCCC1)NC(=O)Cc1ccc(C(N)=S)cc1. The average molecular weight is 305 g/mol. The lowest BCUT2D eigenvalue weighted by atomic mass is 10.1. The first-order valence-corrected chi connectivity index (χ1v) is 7.86. The Kier molecular flexibility index (Phi) is 5.70. The number of likely N-dealkylation sites (tertiary alicyclic amines) is 1. The van der Waals surface area contributed by atoms with E-state index in [-0.39, 0.29) is 11.9 Å². The number of hydrogen-bond acceptors (Lipinski definition) is 3. The van der Waals surface area contributed by atoms with E-state index in [4.69, 9.17) is 18.0 Å². The maximum Gasteiger partial charge on any atom is 0.224 e. The monoisotopic (exact) mass is 305 g/mol. The number of hydrogen-bond donors (Lipinski definition) is 2. The van der Waals surface area contributed by atoms with Crippen LogP contribution in [0.15, 0.2) is 24.3 Å². The van der Waals surface area contributed by atoms with Crippen molar-refractivity contribution in [2.24, 2.45) is 5.73 Å². The zero-order valence-electron chi connectivity index (χ0n) is 12.5. The van der Waals surface area contributed by atoms with Gasteiger partial charge in [0.2, 0.25) is 5.91 Å². The molecule has 5 heteroatoms. The largest absolute Gasteiger partial charge is 0.389 e. The maximum absolute atomic E-state index is 12.0. The predicted octanol–water partition coefficient (Wildman–Crippen LogP) is 1.46. The molecule has 21 heavy (non-hydrogen) atoms. The van der Waals surface area contributed by atoms with Gasteiger partial charge in [0, 0.05) is 18.2 Å². The van der Waals surface area contributed by atoms with Crippen molar-refractivity contribution in [3.05, 3.63) is 35.4 Å². The molecule has 0 aliphatic carbocycles. The molecule has 1 heterocycles. The minimum absolute atomic E-state index is 0.0600. The first-order valence-electron chi connectivity index (χ1n) is 7.45. The Hall–Kier alpha value is -1.46. The lowest BCUT2D eigenvalue weighted by Gasteiger charge is -2.21. The first-order chi connectivity index (χ1) is 10.0. The van der Waals surface area contributed by atoms with Crippen LogP contribution in [0, 0.1) is 0 Å². The van der Waals surface area contributed by atoms with Gasteiger partial charge in [-0.2, -0.15) is 0 Å². The van der Waals surface area contributed by atoms with E-state index in [1.165, 1.54) is 12.8 Å². The molecule has 1 saturated heterocycles. The Balaban J connectivity index is 1.79. The van der Waals surface area contributed by atoms with Crippen LogP contribution in [0.3, 0.4) is 0 Å². The van der Waals surface area contributed by atoms with Gasteiger partial charge in [0.15, 0.2) is 0 Å². The Morgan fingerprint density at radius 2 is 1.95 bits per heavy atom. The highest BCUT2D eigenvalue weighted by Gasteiger charge is 2.16. The van der Waals surface area contributed by atoms with E-state index < -0.39 is 0 Å². The Bertz CT molecular complexity index is 495. The smallest absolute Gasteiger partial charge is 0.224 e. The van der Waals surface area contributed by atoms with Crippen molar-refractivity contribution in [3.8, 4) is 0 Å². The van der Waals surface area contributed by atoms with Crippen LogP contribution < -0.4 is 11.1 Å². The fraction of sp³-hybridized carbons (Fsp3) is 0.500. The summed E-state index contributed by atoms with van der Waals surface area (Å²) in [5.41, 5.74) is 7.36. The molecule has 1 fully saturated rings. The van der Waals surface area contributed by atoms with Crippen molar-refractivity contribution in [1.82, 2.24) is 10.2 Å². The van der Waals surface area contributed by atoms with E-state index in [2.05, 4.69) is 17.1 Å². The summed E-state index contributed by atoms with van der Waals surface area (Å²) >= 11 is 4.91. The maximum atomic E-state index is 12.0. The summed E-state index contributed by atoms with van der Waals surface area (Å²) in [6, 6.07) is 7.71. The fourth-order valence-electron chi connectivity index (χ4n) is 2.70. The molecular weight excluding hydrogens is 282 g/mol. The third-order valence-corrected chi connectivity index (χ3v) is 3.98. The lowest BCUT2D eigenvalue weighted by molar-refractivity contribution is -0.121. The second-order valence-electron chi connectivity index (χ2n) is 5.71. The molecule has 1 aliphatic heterocycles. The van der Waals surface area contributed by atoms with Crippen molar-refractivity contribution in [3.63, 3.8) is 0 Å². The van der Waals surface area contributed by atoms with Gasteiger partial charge in [-0.1, -0.05) is 36.5 Å². The number of benzene rings is 1. The lowest BCUT2D eigenvalue weighted by Crippen LogP contribution is -2.41. The van der Waals surface area contributed by atoms with E-state index in [0.29, 0.717) is 11.4 Å². The van der Waals surface area contributed by atoms with Gasteiger partial charge < -0.3 is 16.0 Å². The number of thiocarbonyl (C=S) groups is 1. The average Bonchev–Trinajstić information content (AvgIpc) is 2.91. The number of nitrogens with two attached hydrogens (primary N) is 1. The molecule has 1 unspecified atom stereocenters. The van der Waals surface area contributed by atoms with Crippen LogP contribution in [0.25, 0.3) is 0 Å². The first kappa shape index (κ1) is 15.9. The number of rotatable bonds is 6. The molecule has 1 amide bonds. The summed E-state index contributed by atoms with van der Waals surface area (Å²) in [7, 11) is 0. The van der Waals surface area contributed by atoms with Crippen molar-refractivity contribution in [1.29, 1.82) is 0 Å². The predicted molar refractivity (Wildman–Crippen MR) is 89.3 cm³/mol. The summed E-state index contributed by atoms with van der Waals surface area (Å²) < 4.78 is 0. The zero-order valence-corrected chi connectivity index (χ0v) is 13.3. The number of carbonyl (C=O) groups excluding carboxylic acids is 1. The molecule has 0 spiro atoms. The topological polar surface area (TPSA) is 58.4 Å². The molecule has 0 radical (unpaired) electrons. The van der Waals surface area contributed by atoms with E-state index in [9.17, 15) is 4.79 Å². The molecule has 3 N–H and O–H groups in total. The molecule has 1 aromatic carbocycles. The molecule has 114 valence electrons. The van der Waals surface area contributed by atoms with Crippen LogP contribution in [-0.4, -0.2) is 41.5 Å². The normalized spacial score (nSPS) is 16.6. The number of carbonyl (C=O) groups is 1. The molecule has 1 aromatic rings. The fourth-order valence-corrected chi connectivity index (χ4v) is 2.83. The highest BCUT2D eigenvalue weighted by molar-refractivity contribution is 7.80. The van der Waals surface area contributed by atoms with Crippen LogP contribution in [0.4, 0.5) is 0 Å². The molecular formula is C16H23N3OS. The van der Waals surface area contributed by atoms with Gasteiger partial charge in [0.25, 0.3) is 0 Å². The Labute approximate surface area is 131 Å². The quantitative estimate of drug-likeness (QED) is 0.781. The summed E-state index contributed by atoms with van der Waals surface area (Å²) in [5, 5.41) is 3.06. The number of amides is 1. The minimum atomic E-state index is 0.0600. The summed E-state index contributed by atoms with van der Waals surface area (Å²) in [6.07, 6.45) is 2.94. The third kappa shape index (κ3) is 5.10. The molecule has 1 aliphatic rings. The van der Waals surface area contributed by atoms with Gasteiger partial charge in [0.1, 0.15) is 4.99 Å². The second kappa shape index (κ2) is 7.52. The molecule has 0 aromatic heterocycles. The summed E-state index contributed by atoms with van der Waals surface area (Å²) in [5.74, 6) is 0.0600. The van der Waals surface area contributed by atoms with Crippen LogP contribution in [0.2, 0.25) is 0 Å². The Morgan fingerprint density at radius 3 is 2.52 bits per heavy atom. The molecule has 0 saturated carbocycles. The molecule has 1 atom stereocenters. The highest BCUT2D eigenvalue weighted by atomic mass is 32.1. The van der Waals surface area contributed by atoms with Crippen LogP contribution in [-0.2, 0) is 11.2 Å². The Morgan fingerprint density at radius 1 is 1.33 bits per heavy atom. The van der Waals surface area contributed by atoms with Gasteiger partial charge in [0.05, 0.1) is 6.42 Å². The summed E-state index contributed by atoms with van der Waals surface area (Å²) in [4.78, 5) is 14.8. The zero-order chi connectivity index (χ0) is 15.2. The molecule has 0 bridgehead atoms. The minimum Gasteiger partial charge on any atom is -0.389 e. The van der Waals surface area contributed by atoms with E-state index >= 15 is 0 Å². The van der Waals surface area contributed by atoms with E-state index in [0.717, 1.165) is 30.8 Å². The van der Waals surface area contributed by atoms with Crippen molar-refractivity contribution >= 4 is 23.1 Å². The van der Waals surface area contributed by atoms with Gasteiger partial charge in [-0.05, 0) is 38.4 Å². The van der Waals surface area contributed by atoms with Crippen LogP contribution in [0.1, 0.15) is 30.9 Å². The standard InChI is InChI=1S/C16H23N3OS/c1-12(11-19-8-2-3-9-19)18-15(20)10-13-4-6-14(7-5-13)16(17)21/h4-7,12H,2-3,8-11H2,1H3,(H2,17,21)(H,18,20). The second-order valence-corrected chi connectivity index (χ2v) is 6.15. The van der Waals surface area contributed by atoms with Gasteiger partial charge >= 0.3 is 0 Å². The number of nitrogens with one attached hydrogen (secondary N) is 1. The van der Waals surface area contributed by atoms with Gasteiger partial charge in [-0.3, -0.25) is 4.79 Å². The molecule has 4 nitrogen and oxygen atoms in total. The third-order valence-electron chi connectivity index (χ3n) is 3.74. The van der Waals surface area contributed by atoms with Crippen LogP contribution in [0.5, 0.6) is 0 Å². The molecule has 2 rings (SSSR count). The summed E-state index contributed by atoms with van der Waals surface area (Å²) in [6.45, 7) is 5.31. The van der Waals surface area contributed by atoms with Crippen molar-refractivity contribution in [2.75, 3.05) is 19.6 Å². The van der Waals surface area contributed by atoms with E-state index in [1.54, 1.807) is 0 Å². The number of nitrogens with zero attached hydrogens (tertiary/aromatic N) is 1. The highest BCUT2D eigenvalue weighted by Crippen LogP contribution is 2.08.